The number of aliphatic imine (C=N–C) groups is 1. The van der Waals surface area contributed by atoms with E-state index in [-0.39, 0.29) is 11.7 Å². The number of carbonyl (C=O) groups excluding carboxylic acids is 1. The van der Waals surface area contributed by atoms with Gasteiger partial charge in [-0.2, -0.15) is 4.99 Å². The summed E-state index contributed by atoms with van der Waals surface area (Å²) in [6, 6.07) is 14.5. The maximum atomic E-state index is 11.8. The second-order valence-electron chi connectivity index (χ2n) is 4.77. The van der Waals surface area contributed by atoms with Gasteiger partial charge in [0.15, 0.2) is 5.96 Å². The van der Waals surface area contributed by atoms with Gasteiger partial charge >= 0.3 is 0 Å². The summed E-state index contributed by atoms with van der Waals surface area (Å²) in [4.78, 5) is 15.3. The van der Waals surface area contributed by atoms with E-state index < -0.39 is 5.91 Å². The highest BCUT2D eigenvalue weighted by Crippen LogP contribution is 2.32. The summed E-state index contributed by atoms with van der Waals surface area (Å²) in [6.07, 6.45) is 1.69. The van der Waals surface area contributed by atoms with Crippen molar-refractivity contribution < 1.29 is 9.90 Å². The van der Waals surface area contributed by atoms with Gasteiger partial charge in [0.25, 0.3) is 5.91 Å². The fourth-order valence-electron chi connectivity index (χ4n) is 2.07. The van der Waals surface area contributed by atoms with Crippen LogP contribution in [0.5, 0.6) is 5.75 Å². The van der Waals surface area contributed by atoms with Gasteiger partial charge in [-0.05, 0) is 30.2 Å². The van der Waals surface area contributed by atoms with E-state index in [1.54, 1.807) is 25.1 Å². The van der Waals surface area contributed by atoms with Gasteiger partial charge in [0.05, 0.1) is 0 Å². The fraction of sp³-hybridized carbons (Fsp3) is 0.0588. The zero-order chi connectivity index (χ0) is 16.1. The number of phenols is 1. The molecule has 0 aliphatic heterocycles. The quantitative estimate of drug-likeness (QED) is 0.459. The normalized spacial score (nSPS) is 11.0. The summed E-state index contributed by atoms with van der Waals surface area (Å²) >= 11 is 0. The van der Waals surface area contributed by atoms with Crippen LogP contribution in [0.15, 0.2) is 59.1 Å². The molecule has 2 aromatic rings. The molecule has 0 aromatic heterocycles. The number of hydrogen-bond donors (Lipinski definition) is 3. The summed E-state index contributed by atoms with van der Waals surface area (Å²) in [5, 5.41) is 10.0. The van der Waals surface area contributed by atoms with Crippen LogP contribution in [0.25, 0.3) is 17.2 Å². The van der Waals surface area contributed by atoms with Crippen LogP contribution in [0.1, 0.15) is 12.5 Å². The number of phenolic OH excluding ortho intramolecular Hbond substituents is 1. The summed E-state index contributed by atoms with van der Waals surface area (Å²) < 4.78 is 0. The van der Waals surface area contributed by atoms with Gasteiger partial charge in [-0.25, -0.2) is 0 Å². The second-order valence-corrected chi connectivity index (χ2v) is 4.77. The van der Waals surface area contributed by atoms with Crippen molar-refractivity contribution in [2.24, 2.45) is 16.5 Å². The third-order valence-corrected chi connectivity index (χ3v) is 3.10. The van der Waals surface area contributed by atoms with E-state index in [0.717, 1.165) is 11.1 Å². The van der Waals surface area contributed by atoms with Crippen molar-refractivity contribution in [1.82, 2.24) is 0 Å². The highest BCUT2D eigenvalue weighted by Gasteiger charge is 2.09. The minimum atomic E-state index is -0.493. The Balaban J connectivity index is 2.48. The molecule has 5 N–H and O–H groups in total. The number of rotatable bonds is 3. The molecule has 0 saturated carbocycles. The van der Waals surface area contributed by atoms with Crippen LogP contribution in [0.3, 0.4) is 0 Å². The van der Waals surface area contributed by atoms with E-state index in [1.165, 1.54) is 0 Å². The average Bonchev–Trinajstić information content (AvgIpc) is 2.48. The summed E-state index contributed by atoms with van der Waals surface area (Å²) in [7, 11) is 0. The lowest BCUT2D eigenvalue weighted by atomic mass is 9.97. The van der Waals surface area contributed by atoms with Crippen LogP contribution in [-0.4, -0.2) is 17.0 Å². The Labute approximate surface area is 128 Å². The molecule has 2 rings (SSSR count). The number of para-hydroxylation sites is 1. The summed E-state index contributed by atoms with van der Waals surface area (Å²) in [5.41, 5.74) is 13.1. The minimum absolute atomic E-state index is 0.177. The SMILES string of the molecule is CC(=Cc1ccccc1-c1ccccc1O)C(=O)N=C(N)N. The Bertz CT molecular complexity index is 760. The maximum absolute atomic E-state index is 11.8. The van der Waals surface area contributed by atoms with Crippen molar-refractivity contribution in [1.29, 1.82) is 0 Å². The average molecular weight is 295 g/mol. The Morgan fingerprint density at radius 1 is 1.05 bits per heavy atom. The lowest BCUT2D eigenvalue weighted by Gasteiger charge is -2.09. The molecule has 0 radical (unpaired) electrons. The topological polar surface area (TPSA) is 102 Å². The Morgan fingerprint density at radius 2 is 1.64 bits per heavy atom. The number of guanidine groups is 1. The van der Waals surface area contributed by atoms with Crippen molar-refractivity contribution in [2.45, 2.75) is 6.92 Å². The summed E-state index contributed by atoms with van der Waals surface area (Å²) in [5.74, 6) is -0.588. The molecule has 0 aliphatic rings. The predicted molar refractivity (Wildman–Crippen MR) is 88.0 cm³/mol. The first-order chi connectivity index (χ1) is 10.5. The van der Waals surface area contributed by atoms with Gasteiger partial charge in [-0.1, -0.05) is 42.5 Å². The lowest BCUT2D eigenvalue weighted by molar-refractivity contribution is -0.114. The van der Waals surface area contributed by atoms with E-state index in [0.29, 0.717) is 11.1 Å². The lowest BCUT2D eigenvalue weighted by Crippen LogP contribution is -2.24. The number of hydrogen-bond acceptors (Lipinski definition) is 2. The number of aromatic hydroxyl groups is 1. The van der Waals surface area contributed by atoms with Crippen LogP contribution in [0.2, 0.25) is 0 Å². The Hall–Kier alpha value is -3.08. The first-order valence-corrected chi connectivity index (χ1v) is 6.68. The van der Waals surface area contributed by atoms with Crippen LogP contribution in [0, 0.1) is 0 Å². The number of amides is 1. The van der Waals surface area contributed by atoms with Crippen molar-refractivity contribution in [3.05, 3.63) is 59.7 Å². The van der Waals surface area contributed by atoms with E-state index in [2.05, 4.69) is 4.99 Å². The van der Waals surface area contributed by atoms with Gasteiger partial charge < -0.3 is 16.6 Å². The highest BCUT2D eigenvalue weighted by atomic mass is 16.3. The monoisotopic (exact) mass is 295 g/mol. The molecule has 112 valence electrons. The van der Waals surface area contributed by atoms with Crippen molar-refractivity contribution in [3.8, 4) is 16.9 Å². The molecule has 0 saturated heterocycles. The van der Waals surface area contributed by atoms with Crippen LogP contribution < -0.4 is 11.5 Å². The molecule has 0 bridgehead atoms. The Morgan fingerprint density at radius 3 is 2.27 bits per heavy atom. The molecule has 0 fully saturated rings. The predicted octanol–water partition coefficient (Wildman–Crippen LogP) is 2.26. The molecule has 5 nitrogen and oxygen atoms in total. The standard InChI is InChI=1S/C17H17N3O2/c1-11(16(22)20-17(18)19)10-12-6-2-3-7-13(12)14-8-4-5-9-15(14)21/h2-10,21H,1H3,(H4,18,19,20,22). The molecular weight excluding hydrogens is 278 g/mol. The van der Waals surface area contributed by atoms with Crippen LogP contribution in [-0.2, 0) is 4.79 Å². The molecular formula is C17H17N3O2. The van der Waals surface area contributed by atoms with Crippen LogP contribution in [0.4, 0.5) is 0 Å². The summed E-state index contributed by atoms with van der Waals surface area (Å²) in [6.45, 7) is 1.64. The number of benzene rings is 2. The fourth-order valence-corrected chi connectivity index (χ4v) is 2.07. The molecule has 5 heteroatoms. The maximum Gasteiger partial charge on any atom is 0.275 e. The van der Waals surface area contributed by atoms with Gasteiger partial charge in [0.1, 0.15) is 5.75 Å². The first kappa shape index (κ1) is 15.3. The van der Waals surface area contributed by atoms with Crippen molar-refractivity contribution >= 4 is 17.9 Å². The number of nitrogens with two attached hydrogens (primary N) is 2. The molecule has 22 heavy (non-hydrogen) atoms. The van der Waals surface area contributed by atoms with Gasteiger partial charge in [0.2, 0.25) is 0 Å². The molecule has 1 amide bonds. The minimum Gasteiger partial charge on any atom is -0.507 e. The van der Waals surface area contributed by atoms with Gasteiger partial charge in [0, 0.05) is 11.1 Å². The largest absolute Gasteiger partial charge is 0.507 e. The molecule has 0 heterocycles. The van der Waals surface area contributed by atoms with E-state index in [4.69, 9.17) is 11.5 Å². The number of carbonyl (C=O) groups is 1. The van der Waals surface area contributed by atoms with Crippen molar-refractivity contribution in [2.75, 3.05) is 0 Å². The van der Waals surface area contributed by atoms with Gasteiger partial charge in [-0.3, -0.25) is 4.79 Å². The number of nitrogens with zero attached hydrogens (tertiary/aromatic N) is 1. The first-order valence-electron chi connectivity index (χ1n) is 6.68. The molecule has 0 aliphatic carbocycles. The Kier molecular flexibility index (Phi) is 4.58. The third kappa shape index (κ3) is 3.52. The van der Waals surface area contributed by atoms with E-state index in [9.17, 15) is 9.90 Å². The zero-order valence-electron chi connectivity index (χ0n) is 12.2. The van der Waals surface area contributed by atoms with E-state index in [1.807, 2.05) is 36.4 Å². The van der Waals surface area contributed by atoms with Crippen molar-refractivity contribution in [3.63, 3.8) is 0 Å². The molecule has 0 unspecified atom stereocenters. The van der Waals surface area contributed by atoms with Crippen LogP contribution >= 0.6 is 0 Å². The van der Waals surface area contributed by atoms with E-state index >= 15 is 0 Å². The highest BCUT2D eigenvalue weighted by molar-refractivity contribution is 6.04. The molecule has 0 atom stereocenters. The van der Waals surface area contributed by atoms with Gasteiger partial charge in [-0.15, -0.1) is 0 Å². The smallest absolute Gasteiger partial charge is 0.275 e. The third-order valence-electron chi connectivity index (χ3n) is 3.10. The second kappa shape index (κ2) is 6.58. The molecule has 0 spiro atoms. The zero-order valence-corrected chi connectivity index (χ0v) is 12.2. The molecule has 2 aromatic carbocycles.